The van der Waals surface area contributed by atoms with Crippen LogP contribution >= 0.6 is 0 Å². The van der Waals surface area contributed by atoms with E-state index < -0.39 is 0 Å². The highest BCUT2D eigenvalue weighted by atomic mass is 16.5. The van der Waals surface area contributed by atoms with Crippen LogP contribution in [0.3, 0.4) is 0 Å². The maximum Gasteiger partial charge on any atom is 0.119 e. The van der Waals surface area contributed by atoms with Crippen molar-refractivity contribution in [2.75, 3.05) is 27.2 Å². The van der Waals surface area contributed by atoms with Crippen molar-refractivity contribution in [2.45, 2.75) is 12.8 Å². The van der Waals surface area contributed by atoms with Gasteiger partial charge in [-0.1, -0.05) is 12.1 Å². The van der Waals surface area contributed by atoms with E-state index >= 15 is 0 Å². The lowest BCUT2D eigenvalue weighted by Gasteiger charge is -2.15. The molecule has 1 unspecified atom stereocenters. The number of nitrogens with zero attached hydrogens (tertiary/aromatic N) is 2. The molecule has 0 spiro atoms. The van der Waals surface area contributed by atoms with E-state index in [1.54, 1.807) is 0 Å². The number of rotatable bonds is 5. The third kappa shape index (κ3) is 3.56. The maximum atomic E-state index is 9.09. The number of hydrogen-bond donors (Lipinski definition) is 0. The summed E-state index contributed by atoms with van der Waals surface area (Å²) in [5, 5.41) is 9.09. The van der Waals surface area contributed by atoms with Gasteiger partial charge in [-0.05, 0) is 38.7 Å². The second-order valence-electron chi connectivity index (χ2n) is 3.95. The zero-order valence-corrected chi connectivity index (χ0v) is 10.1. The first-order valence-corrected chi connectivity index (χ1v) is 5.44. The van der Waals surface area contributed by atoms with Gasteiger partial charge < -0.3 is 9.64 Å². The lowest BCUT2D eigenvalue weighted by Crippen LogP contribution is -2.19. The molecule has 0 aliphatic heterocycles. The summed E-state index contributed by atoms with van der Waals surface area (Å²) in [7, 11) is 3.94. The largest absolute Gasteiger partial charge is 0.494 e. The molecule has 0 N–H and O–H groups in total. The van der Waals surface area contributed by atoms with Gasteiger partial charge in [0.2, 0.25) is 0 Å². The van der Waals surface area contributed by atoms with Gasteiger partial charge in [0, 0.05) is 6.54 Å². The number of nitriles is 1. The highest BCUT2D eigenvalue weighted by Gasteiger charge is 2.11. The Morgan fingerprint density at radius 3 is 2.38 bits per heavy atom. The van der Waals surface area contributed by atoms with Crippen molar-refractivity contribution in [1.29, 1.82) is 5.26 Å². The van der Waals surface area contributed by atoms with Crippen molar-refractivity contribution in [2.24, 2.45) is 0 Å². The molecule has 1 aromatic carbocycles. The van der Waals surface area contributed by atoms with E-state index in [1.165, 1.54) is 0 Å². The zero-order valence-electron chi connectivity index (χ0n) is 10.1. The molecule has 0 fully saturated rings. The minimum Gasteiger partial charge on any atom is -0.494 e. The number of likely N-dealkylation sites (N-methyl/N-ethyl adjacent to an activating group) is 1. The van der Waals surface area contributed by atoms with Crippen LogP contribution in [0.25, 0.3) is 0 Å². The lowest BCUT2D eigenvalue weighted by atomic mass is 10.0. The second-order valence-corrected chi connectivity index (χ2v) is 3.95. The van der Waals surface area contributed by atoms with Crippen LogP contribution in [0, 0.1) is 11.3 Å². The van der Waals surface area contributed by atoms with Crippen LogP contribution in [0.1, 0.15) is 18.4 Å². The van der Waals surface area contributed by atoms with E-state index in [9.17, 15) is 0 Å². The van der Waals surface area contributed by atoms with Crippen LogP contribution in [0.4, 0.5) is 0 Å². The lowest BCUT2D eigenvalue weighted by molar-refractivity contribution is 0.340. The Balaban J connectivity index is 2.75. The molecule has 1 rings (SSSR count). The topological polar surface area (TPSA) is 36.3 Å². The van der Waals surface area contributed by atoms with Gasteiger partial charge in [-0.2, -0.15) is 5.26 Å². The van der Waals surface area contributed by atoms with Crippen molar-refractivity contribution in [3.8, 4) is 11.8 Å². The first kappa shape index (κ1) is 12.5. The molecular weight excluding hydrogens is 200 g/mol. The van der Waals surface area contributed by atoms with Crippen molar-refractivity contribution >= 4 is 0 Å². The predicted octanol–water partition coefficient (Wildman–Crippen LogP) is 2.25. The Kier molecular flexibility index (Phi) is 4.81. The van der Waals surface area contributed by atoms with Gasteiger partial charge in [0.25, 0.3) is 0 Å². The quantitative estimate of drug-likeness (QED) is 0.760. The Morgan fingerprint density at radius 2 is 1.94 bits per heavy atom. The standard InChI is InChI=1S/C13H18N2O/c1-4-16-13-7-5-11(6-8-13)12(9-14)10-15(2)3/h5-8,12H,4,10H2,1-3H3. The molecule has 0 amide bonds. The van der Waals surface area contributed by atoms with Crippen LogP contribution < -0.4 is 4.74 Å². The maximum absolute atomic E-state index is 9.09. The van der Waals surface area contributed by atoms with Gasteiger partial charge >= 0.3 is 0 Å². The summed E-state index contributed by atoms with van der Waals surface area (Å²) in [6, 6.07) is 10.1. The summed E-state index contributed by atoms with van der Waals surface area (Å²) in [5.74, 6) is 0.776. The van der Waals surface area contributed by atoms with Crippen LogP contribution in [0.2, 0.25) is 0 Å². The van der Waals surface area contributed by atoms with Crippen LogP contribution in [0.15, 0.2) is 24.3 Å². The first-order chi connectivity index (χ1) is 7.67. The smallest absolute Gasteiger partial charge is 0.119 e. The molecule has 0 aromatic heterocycles. The summed E-state index contributed by atoms with van der Waals surface area (Å²) in [6.07, 6.45) is 0. The van der Waals surface area contributed by atoms with E-state index in [0.717, 1.165) is 17.9 Å². The number of hydrogen-bond acceptors (Lipinski definition) is 3. The summed E-state index contributed by atoms with van der Waals surface area (Å²) in [5.41, 5.74) is 1.04. The van der Waals surface area contributed by atoms with Gasteiger partial charge in [0.05, 0.1) is 18.6 Å². The van der Waals surface area contributed by atoms with Gasteiger partial charge in [0.1, 0.15) is 5.75 Å². The fourth-order valence-corrected chi connectivity index (χ4v) is 1.55. The SMILES string of the molecule is CCOc1ccc(C(C#N)CN(C)C)cc1. The molecule has 0 aliphatic rings. The van der Waals surface area contributed by atoms with Gasteiger partial charge in [-0.25, -0.2) is 0 Å². The fraction of sp³-hybridized carbons (Fsp3) is 0.462. The zero-order chi connectivity index (χ0) is 12.0. The van der Waals surface area contributed by atoms with E-state index in [1.807, 2.05) is 50.2 Å². The van der Waals surface area contributed by atoms with Gasteiger partial charge in [-0.15, -0.1) is 0 Å². The van der Waals surface area contributed by atoms with Gasteiger partial charge in [-0.3, -0.25) is 0 Å². The van der Waals surface area contributed by atoms with Crippen molar-refractivity contribution in [1.82, 2.24) is 4.90 Å². The molecule has 3 nitrogen and oxygen atoms in total. The van der Waals surface area contributed by atoms with Crippen LogP contribution in [-0.4, -0.2) is 32.1 Å². The van der Waals surface area contributed by atoms with Crippen LogP contribution in [0.5, 0.6) is 5.75 Å². The molecule has 0 bridgehead atoms. The summed E-state index contributed by atoms with van der Waals surface area (Å²) >= 11 is 0. The van der Waals surface area contributed by atoms with Crippen molar-refractivity contribution < 1.29 is 4.74 Å². The molecule has 3 heteroatoms. The Hall–Kier alpha value is -1.53. The Morgan fingerprint density at radius 1 is 1.31 bits per heavy atom. The van der Waals surface area contributed by atoms with Crippen molar-refractivity contribution in [3.05, 3.63) is 29.8 Å². The molecule has 0 saturated heterocycles. The molecule has 16 heavy (non-hydrogen) atoms. The van der Waals surface area contributed by atoms with E-state index in [0.29, 0.717) is 6.61 Å². The monoisotopic (exact) mass is 218 g/mol. The minimum absolute atomic E-state index is 0.0781. The molecule has 1 atom stereocenters. The Bertz CT molecular complexity index is 351. The molecule has 0 radical (unpaired) electrons. The second kappa shape index (κ2) is 6.14. The predicted molar refractivity (Wildman–Crippen MR) is 64.5 cm³/mol. The third-order valence-corrected chi connectivity index (χ3v) is 2.30. The fourth-order valence-electron chi connectivity index (χ4n) is 1.55. The third-order valence-electron chi connectivity index (χ3n) is 2.30. The molecule has 0 saturated carbocycles. The van der Waals surface area contributed by atoms with E-state index in [2.05, 4.69) is 6.07 Å². The van der Waals surface area contributed by atoms with Crippen molar-refractivity contribution in [3.63, 3.8) is 0 Å². The first-order valence-electron chi connectivity index (χ1n) is 5.44. The van der Waals surface area contributed by atoms with E-state index in [4.69, 9.17) is 10.00 Å². The highest BCUT2D eigenvalue weighted by molar-refractivity contribution is 5.32. The number of benzene rings is 1. The average Bonchev–Trinajstić information content (AvgIpc) is 2.27. The molecule has 0 aliphatic carbocycles. The number of ether oxygens (including phenoxy) is 1. The normalized spacial score (nSPS) is 12.2. The minimum atomic E-state index is -0.0781. The summed E-state index contributed by atoms with van der Waals surface area (Å²) in [4.78, 5) is 2.02. The van der Waals surface area contributed by atoms with Crippen LogP contribution in [-0.2, 0) is 0 Å². The summed E-state index contributed by atoms with van der Waals surface area (Å²) < 4.78 is 5.36. The molecule has 0 heterocycles. The molecular formula is C13H18N2O. The average molecular weight is 218 g/mol. The van der Waals surface area contributed by atoms with E-state index in [-0.39, 0.29) is 5.92 Å². The van der Waals surface area contributed by atoms with Gasteiger partial charge in [0.15, 0.2) is 0 Å². The highest BCUT2D eigenvalue weighted by Crippen LogP contribution is 2.19. The summed E-state index contributed by atoms with van der Waals surface area (Å²) in [6.45, 7) is 3.36. The molecule has 1 aromatic rings. The molecule has 86 valence electrons. The Labute approximate surface area is 97.3 Å².